The predicted octanol–water partition coefficient (Wildman–Crippen LogP) is 0.582. The first kappa shape index (κ1) is 8.73. The lowest BCUT2D eigenvalue weighted by atomic mass is 10.4. The lowest BCUT2D eigenvalue weighted by Crippen LogP contribution is -2.13. The van der Waals surface area contributed by atoms with Gasteiger partial charge in [-0.15, -0.1) is 0 Å². The van der Waals surface area contributed by atoms with Gasteiger partial charge in [0, 0.05) is 12.1 Å². The van der Waals surface area contributed by atoms with E-state index in [-0.39, 0.29) is 0 Å². The molecular formula is C7H13N5. The zero-order chi connectivity index (χ0) is 8.97. The van der Waals surface area contributed by atoms with Crippen LogP contribution in [0.5, 0.6) is 0 Å². The Labute approximate surface area is 71.4 Å². The lowest BCUT2D eigenvalue weighted by molar-refractivity contribution is 0.886. The second kappa shape index (κ2) is 3.87. The molecule has 0 aromatic carbocycles. The zero-order valence-electron chi connectivity index (χ0n) is 7.20. The second-order valence-electron chi connectivity index (χ2n) is 2.73. The Morgan fingerprint density at radius 3 is 2.58 bits per heavy atom. The minimum atomic E-state index is 0.352. The van der Waals surface area contributed by atoms with Gasteiger partial charge in [0.05, 0.1) is 0 Å². The molecule has 0 saturated carbocycles. The summed E-state index contributed by atoms with van der Waals surface area (Å²) in [5.74, 6) is 6.56. The molecule has 0 fully saturated rings. The lowest BCUT2D eigenvalue weighted by Gasteiger charge is -2.08. The summed E-state index contributed by atoms with van der Waals surface area (Å²) >= 11 is 0. The summed E-state index contributed by atoms with van der Waals surface area (Å²) in [5.41, 5.74) is 2.45. The molecule has 66 valence electrons. The van der Waals surface area contributed by atoms with Crippen molar-refractivity contribution in [1.82, 2.24) is 9.97 Å². The molecule has 0 aliphatic heterocycles. The highest BCUT2D eigenvalue weighted by Crippen LogP contribution is 2.07. The molecule has 0 radical (unpaired) electrons. The van der Waals surface area contributed by atoms with Gasteiger partial charge >= 0.3 is 0 Å². The fraction of sp³-hybridized carbons (Fsp3) is 0.429. The third-order valence-electron chi connectivity index (χ3n) is 1.25. The molecule has 5 nitrogen and oxygen atoms in total. The summed E-state index contributed by atoms with van der Waals surface area (Å²) in [6.45, 7) is 4.08. The summed E-state index contributed by atoms with van der Waals surface area (Å²) in [4.78, 5) is 7.89. The van der Waals surface area contributed by atoms with Crippen molar-refractivity contribution in [2.45, 2.75) is 19.9 Å². The summed E-state index contributed by atoms with van der Waals surface area (Å²) in [6, 6.07) is 2.10. The van der Waals surface area contributed by atoms with Crippen LogP contribution in [-0.2, 0) is 0 Å². The van der Waals surface area contributed by atoms with Crippen LogP contribution in [0.15, 0.2) is 12.4 Å². The van der Waals surface area contributed by atoms with Crippen LogP contribution in [-0.4, -0.2) is 16.0 Å². The summed E-state index contributed by atoms with van der Waals surface area (Å²) in [6.07, 6.45) is 1.46. The van der Waals surface area contributed by atoms with E-state index in [1.54, 1.807) is 6.07 Å². The quantitative estimate of drug-likeness (QED) is 0.453. The molecule has 0 amide bonds. The molecule has 0 aliphatic carbocycles. The van der Waals surface area contributed by atoms with Gasteiger partial charge in [-0.05, 0) is 13.8 Å². The Kier molecular flexibility index (Phi) is 2.82. The maximum Gasteiger partial charge on any atom is 0.145 e. The highest BCUT2D eigenvalue weighted by Gasteiger charge is 1.97. The number of hydrogen-bond donors (Lipinski definition) is 3. The maximum atomic E-state index is 5.18. The Bertz CT molecular complexity index is 247. The molecule has 0 unspecified atom stereocenters. The maximum absolute atomic E-state index is 5.18. The van der Waals surface area contributed by atoms with Gasteiger partial charge in [0.25, 0.3) is 0 Å². The summed E-state index contributed by atoms with van der Waals surface area (Å²) < 4.78 is 0. The van der Waals surface area contributed by atoms with Crippen molar-refractivity contribution >= 4 is 11.6 Å². The first-order valence-electron chi connectivity index (χ1n) is 3.77. The van der Waals surface area contributed by atoms with E-state index in [2.05, 4.69) is 20.7 Å². The minimum Gasteiger partial charge on any atom is -0.368 e. The molecule has 1 heterocycles. The Morgan fingerprint density at radius 2 is 2.00 bits per heavy atom. The van der Waals surface area contributed by atoms with Crippen LogP contribution in [0.25, 0.3) is 0 Å². The highest BCUT2D eigenvalue weighted by molar-refractivity contribution is 5.45. The Balaban J connectivity index is 2.72. The van der Waals surface area contributed by atoms with E-state index in [0.29, 0.717) is 11.9 Å². The number of anilines is 2. The van der Waals surface area contributed by atoms with E-state index in [4.69, 9.17) is 5.84 Å². The average Bonchev–Trinajstić information content (AvgIpc) is 2.03. The van der Waals surface area contributed by atoms with Gasteiger partial charge in [-0.3, -0.25) is 0 Å². The van der Waals surface area contributed by atoms with Crippen molar-refractivity contribution in [3.8, 4) is 0 Å². The van der Waals surface area contributed by atoms with Gasteiger partial charge in [-0.25, -0.2) is 15.8 Å². The van der Waals surface area contributed by atoms with Crippen LogP contribution in [0.2, 0.25) is 0 Å². The molecule has 0 spiro atoms. The SMILES string of the molecule is CC(C)Nc1cc(NN)ncn1. The number of hydrogen-bond acceptors (Lipinski definition) is 5. The van der Waals surface area contributed by atoms with Crippen LogP contribution < -0.4 is 16.6 Å². The molecule has 1 aromatic rings. The number of aromatic nitrogens is 2. The number of nitrogen functional groups attached to an aromatic ring is 1. The Hall–Kier alpha value is -1.36. The minimum absolute atomic E-state index is 0.352. The molecule has 0 saturated heterocycles. The predicted molar refractivity (Wildman–Crippen MR) is 48.6 cm³/mol. The van der Waals surface area contributed by atoms with Crippen LogP contribution in [0, 0.1) is 0 Å². The number of nitrogens with one attached hydrogen (secondary N) is 2. The van der Waals surface area contributed by atoms with Gasteiger partial charge in [0.15, 0.2) is 0 Å². The molecule has 5 heteroatoms. The van der Waals surface area contributed by atoms with E-state index in [1.165, 1.54) is 6.33 Å². The van der Waals surface area contributed by atoms with E-state index in [9.17, 15) is 0 Å². The van der Waals surface area contributed by atoms with Gasteiger partial charge in [0.2, 0.25) is 0 Å². The standard InChI is InChI=1S/C7H13N5/c1-5(2)11-6-3-7(12-8)10-4-9-6/h3-5H,8H2,1-2H3,(H2,9,10,11,12). The van der Waals surface area contributed by atoms with Crippen molar-refractivity contribution in [3.05, 3.63) is 12.4 Å². The largest absolute Gasteiger partial charge is 0.368 e. The molecular weight excluding hydrogens is 154 g/mol. The molecule has 0 aliphatic rings. The van der Waals surface area contributed by atoms with Crippen LogP contribution >= 0.6 is 0 Å². The van der Waals surface area contributed by atoms with E-state index in [0.717, 1.165) is 5.82 Å². The van der Waals surface area contributed by atoms with Crippen molar-refractivity contribution in [2.75, 3.05) is 10.7 Å². The molecule has 0 bridgehead atoms. The number of nitrogens with zero attached hydrogens (tertiary/aromatic N) is 2. The number of nitrogens with two attached hydrogens (primary N) is 1. The van der Waals surface area contributed by atoms with Crippen LogP contribution in [0.3, 0.4) is 0 Å². The molecule has 1 rings (SSSR count). The first-order chi connectivity index (χ1) is 5.72. The highest BCUT2D eigenvalue weighted by atomic mass is 15.3. The number of rotatable bonds is 3. The monoisotopic (exact) mass is 167 g/mol. The van der Waals surface area contributed by atoms with Crippen LogP contribution in [0.1, 0.15) is 13.8 Å². The third kappa shape index (κ3) is 2.35. The van der Waals surface area contributed by atoms with Gasteiger partial charge in [0.1, 0.15) is 18.0 Å². The first-order valence-corrected chi connectivity index (χ1v) is 3.77. The Morgan fingerprint density at radius 1 is 1.33 bits per heavy atom. The van der Waals surface area contributed by atoms with Crippen molar-refractivity contribution in [1.29, 1.82) is 0 Å². The number of hydrazine groups is 1. The van der Waals surface area contributed by atoms with Gasteiger partial charge in [-0.2, -0.15) is 0 Å². The molecule has 1 aromatic heterocycles. The zero-order valence-corrected chi connectivity index (χ0v) is 7.20. The van der Waals surface area contributed by atoms with Crippen molar-refractivity contribution in [3.63, 3.8) is 0 Å². The van der Waals surface area contributed by atoms with E-state index >= 15 is 0 Å². The van der Waals surface area contributed by atoms with Gasteiger partial charge < -0.3 is 10.7 Å². The van der Waals surface area contributed by atoms with Crippen molar-refractivity contribution in [2.24, 2.45) is 5.84 Å². The molecule has 12 heavy (non-hydrogen) atoms. The fourth-order valence-electron chi connectivity index (χ4n) is 0.811. The molecule has 4 N–H and O–H groups in total. The van der Waals surface area contributed by atoms with Gasteiger partial charge in [-0.1, -0.05) is 0 Å². The normalized spacial score (nSPS) is 10.0. The summed E-state index contributed by atoms with van der Waals surface area (Å²) in [7, 11) is 0. The topological polar surface area (TPSA) is 75.9 Å². The van der Waals surface area contributed by atoms with E-state index < -0.39 is 0 Å². The van der Waals surface area contributed by atoms with Crippen molar-refractivity contribution < 1.29 is 0 Å². The third-order valence-corrected chi connectivity index (χ3v) is 1.25. The fourth-order valence-corrected chi connectivity index (χ4v) is 0.811. The van der Waals surface area contributed by atoms with Crippen LogP contribution in [0.4, 0.5) is 11.6 Å². The van der Waals surface area contributed by atoms with E-state index in [1.807, 2.05) is 13.8 Å². The second-order valence-corrected chi connectivity index (χ2v) is 2.73. The average molecular weight is 167 g/mol. The summed E-state index contributed by atoms with van der Waals surface area (Å²) in [5, 5.41) is 3.13. The smallest absolute Gasteiger partial charge is 0.145 e. The molecule has 0 atom stereocenters.